The molecule has 1 saturated heterocycles. The second-order valence-electron chi connectivity index (χ2n) is 7.48. The quantitative estimate of drug-likeness (QED) is 0.719. The molecule has 0 unspecified atom stereocenters. The highest BCUT2D eigenvalue weighted by atomic mass is 35.5. The van der Waals surface area contributed by atoms with Crippen molar-refractivity contribution >= 4 is 17.5 Å². The number of hydrogen-bond acceptors (Lipinski definition) is 4. The Hall–Kier alpha value is -2.08. The Morgan fingerprint density at radius 2 is 1.62 bits per heavy atom. The van der Waals surface area contributed by atoms with Gasteiger partial charge in [-0.1, -0.05) is 35.9 Å². The van der Waals surface area contributed by atoms with Crippen LogP contribution in [0.15, 0.2) is 48.5 Å². The van der Waals surface area contributed by atoms with Gasteiger partial charge in [0.25, 0.3) is 0 Å². The Morgan fingerprint density at radius 1 is 0.966 bits per heavy atom. The molecule has 0 aliphatic carbocycles. The second kappa shape index (κ2) is 11.2. The first kappa shape index (κ1) is 21.6. The third-order valence-corrected chi connectivity index (χ3v) is 5.51. The topological polar surface area (TPSA) is 44.8 Å². The van der Waals surface area contributed by atoms with E-state index in [2.05, 4.69) is 27.2 Å². The van der Waals surface area contributed by atoms with Gasteiger partial charge in [-0.2, -0.15) is 0 Å². The smallest absolute Gasteiger partial charge is 0.234 e. The van der Waals surface area contributed by atoms with Gasteiger partial charge >= 0.3 is 0 Å². The van der Waals surface area contributed by atoms with Crippen LogP contribution < -0.4 is 10.1 Å². The van der Waals surface area contributed by atoms with Gasteiger partial charge in [-0.05, 0) is 61.3 Å². The average molecular weight is 416 g/mol. The number of nitrogens with one attached hydrogen (secondary N) is 1. The molecule has 0 radical (unpaired) electrons. The predicted octanol–water partition coefficient (Wildman–Crippen LogP) is 3.22. The van der Waals surface area contributed by atoms with Crippen LogP contribution in [0.1, 0.15) is 17.5 Å². The van der Waals surface area contributed by atoms with Crippen molar-refractivity contribution in [1.29, 1.82) is 0 Å². The summed E-state index contributed by atoms with van der Waals surface area (Å²) in [4.78, 5) is 17.0. The van der Waals surface area contributed by atoms with Crippen LogP contribution in [-0.2, 0) is 17.8 Å². The number of carbonyl (C=O) groups excluding carboxylic acids is 1. The molecule has 0 bridgehead atoms. The van der Waals surface area contributed by atoms with Gasteiger partial charge in [0.15, 0.2) is 0 Å². The van der Waals surface area contributed by atoms with E-state index in [1.54, 1.807) is 7.11 Å². The fourth-order valence-corrected chi connectivity index (χ4v) is 3.71. The van der Waals surface area contributed by atoms with Crippen LogP contribution in [0.5, 0.6) is 5.75 Å². The Bertz CT molecular complexity index is 765. The SMILES string of the molecule is COc1ccc(CCNC(=O)CN2CCCN(Cc3ccc(Cl)cc3)CC2)cc1. The average Bonchev–Trinajstić information content (AvgIpc) is 2.95. The van der Waals surface area contributed by atoms with E-state index in [4.69, 9.17) is 16.3 Å². The number of benzene rings is 2. The minimum Gasteiger partial charge on any atom is -0.497 e. The molecule has 1 heterocycles. The Labute approximate surface area is 178 Å². The largest absolute Gasteiger partial charge is 0.497 e. The van der Waals surface area contributed by atoms with Crippen LogP contribution in [0.2, 0.25) is 5.02 Å². The standard InChI is InChI=1S/C23H30ClN3O2/c1-29-22-9-5-19(6-10-22)11-12-25-23(28)18-27-14-2-13-26(15-16-27)17-20-3-7-21(24)8-4-20/h3-10H,2,11-18H2,1H3,(H,25,28). The predicted molar refractivity (Wildman–Crippen MR) is 117 cm³/mol. The van der Waals surface area contributed by atoms with Crippen molar-refractivity contribution in [2.24, 2.45) is 0 Å². The monoisotopic (exact) mass is 415 g/mol. The van der Waals surface area contributed by atoms with Gasteiger partial charge in [-0.3, -0.25) is 14.6 Å². The lowest BCUT2D eigenvalue weighted by atomic mass is 10.1. The molecule has 2 aromatic rings. The number of hydrogen-bond donors (Lipinski definition) is 1. The lowest BCUT2D eigenvalue weighted by Crippen LogP contribution is -2.39. The maximum atomic E-state index is 12.3. The minimum atomic E-state index is 0.102. The first-order chi connectivity index (χ1) is 14.1. The number of carbonyl (C=O) groups is 1. The summed E-state index contributed by atoms with van der Waals surface area (Å²) in [7, 11) is 1.66. The van der Waals surface area contributed by atoms with Gasteiger partial charge < -0.3 is 10.1 Å². The molecule has 1 fully saturated rings. The zero-order valence-corrected chi connectivity index (χ0v) is 17.8. The van der Waals surface area contributed by atoms with Crippen molar-refractivity contribution in [1.82, 2.24) is 15.1 Å². The molecular formula is C23H30ClN3O2. The molecule has 6 heteroatoms. The fourth-order valence-electron chi connectivity index (χ4n) is 3.59. The third kappa shape index (κ3) is 7.35. The van der Waals surface area contributed by atoms with Crippen molar-refractivity contribution in [2.75, 3.05) is 46.4 Å². The molecule has 0 aromatic heterocycles. The molecule has 1 aliphatic rings. The number of methoxy groups -OCH3 is 1. The minimum absolute atomic E-state index is 0.102. The zero-order valence-electron chi connectivity index (χ0n) is 17.1. The normalized spacial score (nSPS) is 15.7. The molecule has 5 nitrogen and oxygen atoms in total. The summed E-state index contributed by atoms with van der Waals surface area (Å²) in [5.74, 6) is 0.953. The van der Waals surface area contributed by atoms with Crippen molar-refractivity contribution in [3.05, 3.63) is 64.7 Å². The Balaban J connectivity index is 1.36. The summed E-state index contributed by atoms with van der Waals surface area (Å²) in [6.45, 7) is 5.96. The number of halogens is 1. The van der Waals surface area contributed by atoms with Crippen molar-refractivity contribution in [3.63, 3.8) is 0 Å². The highest BCUT2D eigenvalue weighted by Gasteiger charge is 2.17. The lowest BCUT2D eigenvalue weighted by Gasteiger charge is -2.21. The molecule has 29 heavy (non-hydrogen) atoms. The van der Waals surface area contributed by atoms with E-state index >= 15 is 0 Å². The van der Waals surface area contributed by atoms with Gasteiger partial charge in [0.05, 0.1) is 13.7 Å². The summed E-state index contributed by atoms with van der Waals surface area (Å²) in [6, 6.07) is 16.0. The summed E-state index contributed by atoms with van der Waals surface area (Å²) in [6.07, 6.45) is 1.90. The molecule has 1 amide bonds. The van der Waals surface area contributed by atoms with Crippen molar-refractivity contribution in [3.8, 4) is 5.75 Å². The summed E-state index contributed by atoms with van der Waals surface area (Å²) < 4.78 is 5.17. The highest BCUT2D eigenvalue weighted by molar-refractivity contribution is 6.30. The molecule has 0 spiro atoms. The lowest BCUT2D eigenvalue weighted by molar-refractivity contribution is -0.122. The van der Waals surface area contributed by atoms with Gasteiger partial charge in [-0.15, -0.1) is 0 Å². The summed E-state index contributed by atoms with van der Waals surface area (Å²) in [5.41, 5.74) is 2.47. The zero-order chi connectivity index (χ0) is 20.5. The number of rotatable bonds is 8. The van der Waals surface area contributed by atoms with E-state index in [-0.39, 0.29) is 5.91 Å². The molecule has 1 aliphatic heterocycles. The Morgan fingerprint density at radius 3 is 2.34 bits per heavy atom. The van der Waals surface area contributed by atoms with E-state index in [0.717, 1.165) is 56.3 Å². The van der Waals surface area contributed by atoms with Crippen molar-refractivity contribution < 1.29 is 9.53 Å². The van der Waals surface area contributed by atoms with Gasteiger partial charge in [-0.25, -0.2) is 0 Å². The molecular weight excluding hydrogens is 386 g/mol. The van der Waals surface area contributed by atoms with Crippen LogP contribution >= 0.6 is 11.6 Å². The molecule has 2 aromatic carbocycles. The Kier molecular flexibility index (Phi) is 8.35. The molecule has 156 valence electrons. The van der Waals surface area contributed by atoms with Gasteiger partial charge in [0, 0.05) is 31.2 Å². The number of nitrogens with zero attached hydrogens (tertiary/aromatic N) is 2. The van der Waals surface area contributed by atoms with Crippen LogP contribution in [0.3, 0.4) is 0 Å². The molecule has 0 saturated carbocycles. The van der Waals surface area contributed by atoms with Crippen LogP contribution in [0, 0.1) is 0 Å². The maximum absolute atomic E-state index is 12.3. The van der Waals surface area contributed by atoms with Crippen LogP contribution in [0.25, 0.3) is 0 Å². The number of amides is 1. The van der Waals surface area contributed by atoms with E-state index in [9.17, 15) is 4.79 Å². The first-order valence-electron chi connectivity index (χ1n) is 10.2. The van der Waals surface area contributed by atoms with Crippen LogP contribution in [0.4, 0.5) is 0 Å². The third-order valence-electron chi connectivity index (χ3n) is 5.26. The second-order valence-corrected chi connectivity index (χ2v) is 7.92. The highest BCUT2D eigenvalue weighted by Crippen LogP contribution is 2.13. The van der Waals surface area contributed by atoms with E-state index in [0.29, 0.717) is 13.1 Å². The maximum Gasteiger partial charge on any atom is 0.234 e. The molecule has 0 atom stereocenters. The molecule has 3 rings (SSSR count). The summed E-state index contributed by atoms with van der Waals surface area (Å²) >= 11 is 5.97. The summed E-state index contributed by atoms with van der Waals surface area (Å²) in [5, 5.41) is 3.82. The van der Waals surface area contributed by atoms with Crippen LogP contribution in [-0.4, -0.2) is 62.1 Å². The van der Waals surface area contributed by atoms with Crippen molar-refractivity contribution in [2.45, 2.75) is 19.4 Å². The number of ether oxygens (including phenoxy) is 1. The van der Waals surface area contributed by atoms with Gasteiger partial charge in [0.2, 0.25) is 5.91 Å². The fraction of sp³-hybridized carbons (Fsp3) is 0.435. The first-order valence-corrected chi connectivity index (χ1v) is 10.6. The van der Waals surface area contributed by atoms with E-state index < -0.39 is 0 Å². The molecule has 1 N–H and O–H groups in total. The van der Waals surface area contributed by atoms with E-state index in [1.165, 1.54) is 11.1 Å². The van der Waals surface area contributed by atoms with E-state index in [1.807, 2.05) is 36.4 Å². The van der Waals surface area contributed by atoms with Gasteiger partial charge in [0.1, 0.15) is 5.75 Å².